The quantitative estimate of drug-likeness (QED) is 0.399. The average Bonchev–Trinajstić information content (AvgIpc) is 2.97. The van der Waals surface area contributed by atoms with E-state index >= 15 is 0 Å². The van der Waals surface area contributed by atoms with Crippen molar-refractivity contribution in [1.82, 2.24) is 4.90 Å². The molecule has 1 N–H and O–H groups in total. The van der Waals surface area contributed by atoms with Crippen LogP contribution in [0.1, 0.15) is 28.8 Å². The van der Waals surface area contributed by atoms with E-state index in [1.165, 1.54) is 11.8 Å². The first-order valence-electron chi connectivity index (χ1n) is 13.0. The maximum Gasteiger partial charge on any atom is 0.243 e. The molecule has 0 saturated carbocycles. The van der Waals surface area contributed by atoms with Crippen LogP contribution >= 0.6 is 23.4 Å². The van der Waals surface area contributed by atoms with Gasteiger partial charge in [-0.25, -0.2) is 0 Å². The molecule has 6 nitrogen and oxygen atoms in total. The van der Waals surface area contributed by atoms with Gasteiger partial charge in [-0.3, -0.25) is 9.59 Å². The van der Waals surface area contributed by atoms with Crippen molar-refractivity contribution in [1.29, 1.82) is 0 Å². The third-order valence-corrected chi connectivity index (χ3v) is 9.11. The van der Waals surface area contributed by atoms with E-state index < -0.39 is 23.3 Å². The predicted molar refractivity (Wildman–Crippen MR) is 153 cm³/mol. The number of Topliss-reactive ketones (excluding diaryl/α,β-unsaturated/α-hetero) is 2. The molecule has 1 fully saturated rings. The van der Waals surface area contributed by atoms with Crippen molar-refractivity contribution < 1.29 is 24.2 Å². The molecule has 1 spiro atoms. The van der Waals surface area contributed by atoms with Crippen molar-refractivity contribution in [3.8, 4) is 16.9 Å². The molecule has 3 aromatic carbocycles. The lowest BCUT2D eigenvalue weighted by Gasteiger charge is -2.45. The molecule has 200 valence electrons. The minimum absolute atomic E-state index is 0.197. The molecular weight excluding hydrogens is 534 g/mol. The second-order valence-corrected chi connectivity index (χ2v) is 11.7. The topological polar surface area (TPSA) is 76.1 Å². The molecular formula is C31H28ClNO5S. The van der Waals surface area contributed by atoms with E-state index in [0.717, 1.165) is 37.1 Å². The summed E-state index contributed by atoms with van der Waals surface area (Å²) in [5, 5.41) is 11.2. The lowest BCUT2D eigenvalue weighted by Crippen LogP contribution is -2.51. The second-order valence-electron chi connectivity index (χ2n) is 10.2. The SMILES string of the molecule is O=C1C(=O)c2ccc(-c3ccccc3)cc2C2=C1SCC1(CCN(C[C@@H](O)COc3ccc(Cl)cc3)CC1)O2. The lowest BCUT2D eigenvalue weighted by atomic mass is 9.88. The van der Waals surface area contributed by atoms with Gasteiger partial charge in [0.25, 0.3) is 0 Å². The highest BCUT2D eigenvalue weighted by Crippen LogP contribution is 2.47. The number of carbonyl (C=O) groups excluding carboxylic acids is 2. The molecule has 2 aliphatic heterocycles. The van der Waals surface area contributed by atoms with Gasteiger partial charge in [0.2, 0.25) is 11.6 Å². The number of thioether (sulfide) groups is 1. The van der Waals surface area contributed by atoms with E-state index in [0.29, 0.717) is 44.9 Å². The molecule has 0 amide bonds. The van der Waals surface area contributed by atoms with Crippen LogP contribution in [-0.2, 0) is 9.53 Å². The molecule has 2 heterocycles. The summed E-state index contributed by atoms with van der Waals surface area (Å²) >= 11 is 7.35. The Balaban J connectivity index is 1.14. The molecule has 3 aliphatic rings. The number of carbonyl (C=O) groups is 2. The van der Waals surface area contributed by atoms with E-state index in [-0.39, 0.29) is 6.61 Å². The summed E-state index contributed by atoms with van der Waals surface area (Å²) in [5.41, 5.74) is 2.68. The van der Waals surface area contributed by atoms with E-state index in [2.05, 4.69) is 4.90 Å². The molecule has 0 aromatic heterocycles. The molecule has 1 saturated heterocycles. The number of halogens is 1. The smallest absolute Gasteiger partial charge is 0.243 e. The van der Waals surface area contributed by atoms with Crippen molar-refractivity contribution in [2.45, 2.75) is 24.5 Å². The van der Waals surface area contributed by atoms with E-state index in [9.17, 15) is 14.7 Å². The van der Waals surface area contributed by atoms with Gasteiger partial charge in [0.1, 0.15) is 34.7 Å². The summed E-state index contributed by atoms with van der Waals surface area (Å²) in [6, 6.07) is 22.6. The molecule has 39 heavy (non-hydrogen) atoms. The van der Waals surface area contributed by atoms with Crippen molar-refractivity contribution >= 4 is 40.7 Å². The van der Waals surface area contributed by atoms with E-state index in [1.807, 2.05) is 42.5 Å². The van der Waals surface area contributed by atoms with Gasteiger partial charge in [-0.1, -0.05) is 48.0 Å². The number of fused-ring (bicyclic) bond motifs is 2. The van der Waals surface area contributed by atoms with Gasteiger partial charge in [-0.15, -0.1) is 11.8 Å². The van der Waals surface area contributed by atoms with E-state index in [4.69, 9.17) is 21.1 Å². The number of rotatable bonds is 6. The van der Waals surface area contributed by atoms with Crippen molar-refractivity contribution in [2.24, 2.45) is 0 Å². The van der Waals surface area contributed by atoms with Gasteiger partial charge >= 0.3 is 0 Å². The van der Waals surface area contributed by atoms with Crippen LogP contribution < -0.4 is 4.74 Å². The standard InChI is InChI=1S/C31H28ClNO5S/c32-22-7-9-24(10-8-22)37-18-23(34)17-33-14-12-31(13-15-33)19-39-30-28(36)27(35)25-11-6-21(16-26(25)29(30)38-31)20-4-2-1-3-5-20/h1-11,16,23,34H,12-15,17-19H2/t23-/m1/s1. The molecule has 0 bridgehead atoms. The van der Waals surface area contributed by atoms with Gasteiger partial charge in [0, 0.05) is 54.4 Å². The zero-order chi connectivity index (χ0) is 27.0. The first kappa shape index (κ1) is 26.1. The summed E-state index contributed by atoms with van der Waals surface area (Å²) in [6.07, 6.45) is 0.894. The number of β-amino-alcohol motifs (C(OH)–C–C–N with tert-alkyl or cyclic N) is 1. The summed E-state index contributed by atoms with van der Waals surface area (Å²) in [5.74, 6) is 0.873. The van der Waals surface area contributed by atoms with Crippen LogP contribution in [0.15, 0.2) is 77.7 Å². The van der Waals surface area contributed by atoms with Gasteiger partial charge in [0.05, 0.1) is 0 Å². The largest absolute Gasteiger partial charge is 0.491 e. The Hall–Kier alpha value is -3.10. The summed E-state index contributed by atoms with van der Waals surface area (Å²) in [7, 11) is 0. The Morgan fingerprint density at radius 3 is 2.44 bits per heavy atom. The maximum absolute atomic E-state index is 12.9. The van der Waals surface area contributed by atoms with Crippen LogP contribution in [0.4, 0.5) is 0 Å². The van der Waals surface area contributed by atoms with Crippen LogP contribution in [0.2, 0.25) is 5.02 Å². The fourth-order valence-corrected chi connectivity index (χ4v) is 6.72. The predicted octanol–water partition coefficient (Wildman–Crippen LogP) is 5.48. The Kier molecular flexibility index (Phi) is 7.25. The highest BCUT2D eigenvalue weighted by molar-refractivity contribution is 8.04. The molecule has 1 atom stereocenters. The highest BCUT2D eigenvalue weighted by atomic mass is 35.5. The third kappa shape index (κ3) is 5.37. The van der Waals surface area contributed by atoms with Gasteiger partial charge < -0.3 is 19.5 Å². The van der Waals surface area contributed by atoms with Crippen LogP contribution in [0.25, 0.3) is 16.9 Å². The average molecular weight is 562 g/mol. The fraction of sp³-hybridized carbons (Fsp3) is 0.290. The molecule has 8 heteroatoms. The van der Waals surface area contributed by atoms with Crippen molar-refractivity contribution in [3.63, 3.8) is 0 Å². The van der Waals surface area contributed by atoms with Gasteiger partial charge in [-0.05, 0) is 47.5 Å². The van der Waals surface area contributed by atoms with Crippen LogP contribution in [0.5, 0.6) is 5.75 Å². The normalized spacial score (nSPS) is 19.3. The van der Waals surface area contributed by atoms with Gasteiger partial charge in [0.15, 0.2) is 0 Å². The summed E-state index contributed by atoms with van der Waals surface area (Å²) < 4.78 is 12.4. The van der Waals surface area contributed by atoms with Crippen LogP contribution in [0, 0.1) is 0 Å². The molecule has 3 aromatic rings. The van der Waals surface area contributed by atoms with Crippen molar-refractivity contribution in [2.75, 3.05) is 32.0 Å². The monoisotopic (exact) mass is 561 g/mol. The fourth-order valence-electron chi connectivity index (χ4n) is 5.34. The minimum atomic E-state index is -0.629. The molecule has 6 rings (SSSR count). The second kappa shape index (κ2) is 10.8. The number of piperidine rings is 1. The van der Waals surface area contributed by atoms with E-state index in [1.54, 1.807) is 30.3 Å². The Labute approximate surface area is 236 Å². The number of hydrogen-bond donors (Lipinski definition) is 1. The zero-order valence-corrected chi connectivity index (χ0v) is 22.8. The van der Waals surface area contributed by atoms with Gasteiger partial charge in [-0.2, -0.15) is 0 Å². The summed E-state index contributed by atoms with van der Waals surface area (Å²) in [4.78, 5) is 28.5. The Bertz CT molecular complexity index is 1430. The first-order valence-corrected chi connectivity index (χ1v) is 14.4. The zero-order valence-electron chi connectivity index (χ0n) is 21.3. The summed E-state index contributed by atoms with van der Waals surface area (Å²) in [6.45, 7) is 2.21. The minimum Gasteiger partial charge on any atom is -0.491 e. The maximum atomic E-state index is 12.9. The number of hydrogen-bond acceptors (Lipinski definition) is 7. The number of ketones is 2. The number of aliphatic hydroxyl groups excluding tert-OH is 1. The number of likely N-dealkylation sites (tertiary alicyclic amines) is 1. The molecule has 0 unspecified atom stereocenters. The lowest BCUT2D eigenvalue weighted by molar-refractivity contribution is -0.111. The molecule has 0 radical (unpaired) electrons. The Morgan fingerprint density at radius 1 is 0.949 bits per heavy atom. The molecule has 1 aliphatic carbocycles. The first-order chi connectivity index (χ1) is 18.9. The van der Waals surface area contributed by atoms with Crippen LogP contribution in [0.3, 0.4) is 0 Å². The number of nitrogens with zero attached hydrogens (tertiary/aromatic N) is 1. The van der Waals surface area contributed by atoms with Crippen LogP contribution in [-0.4, -0.2) is 65.3 Å². The highest BCUT2D eigenvalue weighted by Gasteiger charge is 2.46. The Morgan fingerprint density at radius 2 is 1.69 bits per heavy atom. The number of allylic oxidation sites excluding steroid dienone is 1. The van der Waals surface area contributed by atoms with Crippen molar-refractivity contribution in [3.05, 3.63) is 93.9 Å². The third-order valence-electron chi connectivity index (χ3n) is 7.53. The number of benzene rings is 3. The number of ether oxygens (including phenoxy) is 2. The number of aliphatic hydroxyl groups is 1.